The second-order valence-corrected chi connectivity index (χ2v) is 8.64. The first-order valence-electron chi connectivity index (χ1n) is 10.2. The molecule has 2 N–H and O–H groups in total. The van der Waals surface area contributed by atoms with Crippen LogP contribution >= 0.6 is 0 Å². The number of aryl methyl sites for hydroxylation is 1. The molecule has 0 aliphatic carbocycles. The number of aromatic nitrogens is 2. The first-order valence-corrected chi connectivity index (χ1v) is 10.2. The van der Waals surface area contributed by atoms with Crippen LogP contribution in [0.1, 0.15) is 31.7 Å². The van der Waals surface area contributed by atoms with Crippen LogP contribution in [0.15, 0.2) is 36.5 Å². The van der Waals surface area contributed by atoms with Gasteiger partial charge in [-0.15, -0.1) is 0 Å². The molecule has 0 saturated heterocycles. The monoisotopic (exact) mass is 485 g/mol. The largest absolute Gasteiger partial charge is 0.418 e. The Labute approximate surface area is 192 Å². The van der Waals surface area contributed by atoms with E-state index in [1.165, 1.54) is 33.2 Å². The Morgan fingerprint density at radius 2 is 1.76 bits per heavy atom. The van der Waals surface area contributed by atoms with Gasteiger partial charge in [0.05, 0.1) is 19.2 Å². The van der Waals surface area contributed by atoms with Crippen molar-refractivity contribution in [1.82, 2.24) is 9.97 Å². The van der Waals surface area contributed by atoms with Gasteiger partial charge < -0.3 is 15.3 Å². The molecule has 3 rings (SSSR count). The molecule has 11 heteroatoms. The van der Waals surface area contributed by atoms with Crippen molar-refractivity contribution in [3.63, 3.8) is 0 Å². The summed E-state index contributed by atoms with van der Waals surface area (Å²) in [4.78, 5) is 17.7. The first kappa shape index (κ1) is 25.6. The number of rotatable bonds is 8. The molecule has 1 heterocycles. The minimum Gasteiger partial charge on any atom is -0.381 e. The predicted octanol–water partition coefficient (Wildman–Crippen LogP) is 5.23. The predicted molar refractivity (Wildman–Crippen MR) is 115 cm³/mol. The number of alkyl halides is 3. The fourth-order valence-corrected chi connectivity index (χ4v) is 3.86. The molecule has 0 bridgehead atoms. The third-order valence-corrected chi connectivity index (χ3v) is 5.46. The van der Waals surface area contributed by atoms with E-state index in [9.17, 15) is 27.1 Å². The lowest BCUT2D eigenvalue weighted by molar-refractivity contribution is -0.261. The van der Waals surface area contributed by atoms with E-state index in [1.54, 1.807) is 6.92 Å². The fraction of sp³-hybridized carbons (Fsp3) is 0.391. The third-order valence-electron chi connectivity index (χ3n) is 5.46. The summed E-state index contributed by atoms with van der Waals surface area (Å²) in [7, 11) is 1.20. The van der Waals surface area contributed by atoms with E-state index < -0.39 is 41.8 Å². The number of nitrogens with zero attached hydrogens (tertiary/aromatic N) is 2. The van der Waals surface area contributed by atoms with Crippen molar-refractivity contribution in [2.45, 2.75) is 44.4 Å². The first-order chi connectivity index (χ1) is 15.8. The van der Waals surface area contributed by atoms with Gasteiger partial charge in [-0.3, -0.25) is 0 Å². The molecular weight excluding hydrogens is 461 g/mol. The molecule has 0 aliphatic heterocycles. The number of aliphatic hydroxyl groups is 1. The maximum Gasteiger partial charge on any atom is 0.418 e. The summed E-state index contributed by atoms with van der Waals surface area (Å²) < 4.78 is 70.3. The number of nitrogens with one attached hydrogen (secondary N) is 1. The van der Waals surface area contributed by atoms with E-state index in [4.69, 9.17) is 4.89 Å². The van der Waals surface area contributed by atoms with E-state index in [1.807, 2.05) is 0 Å². The zero-order chi connectivity index (χ0) is 25.3. The molecule has 0 aliphatic rings. The number of fused-ring (bicyclic) bond motifs is 1. The molecule has 0 radical (unpaired) electrons. The SMILES string of the molecule is COOc1ccc(F)cc1C(C)(C)CC(O)(CNc1cc(F)cc2nc(C)ncc12)C(F)(F)F. The summed E-state index contributed by atoms with van der Waals surface area (Å²) in [5.41, 5.74) is -4.45. The number of anilines is 1. The molecule has 0 amide bonds. The van der Waals surface area contributed by atoms with Gasteiger partial charge in [0.15, 0.2) is 11.4 Å². The van der Waals surface area contributed by atoms with Gasteiger partial charge in [0.1, 0.15) is 17.5 Å². The van der Waals surface area contributed by atoms with Crippen molar-refractivity contribution >= 4 is 16.6 Å². The van der Waals surface area contributed by atoms with Crippen LogP contribution in [-0.2, 0) is 10.3 Å². The minimum atomic E-state index is -5.08. The Morgan fingerprint density at radius 1 is 1.06 bits per heavy atom. The number of hydrogen-bond acceptors (Lipinski definition) is 6. The van der Waals surface area contributed by atoms with Crippen LogP contribution in [0.5, 0.6) is 5.75 Å². The van der Waals surface area contributed by atoms with Crippen molar-refractivity contribution in [2.75, 3.05) is 19.0 Å². The van der Waals surface area contributed by atoms with Gasteiger partial charge in [-0.1, -0.05) is 13.8 Å². The van der Waals surface area contributed by atoms with Gasteiger partial charge >= 0.3 is 6.18 Å². The van der Waals surface area contributed by atoms with Gasteiger partial charge in [-0.05, 0) is 43.0 Å². The van der Waals surface area contributed by atoms with Crippen LogP contribution in [0.2, 0.25) is 0 Å². The zero-order valence-electron chi connectivity index (χ0n) is 18.9. The van der Waals surface area contributed by atoms with E-state index in [0.717, 1.165) is 24.3 Å². The van der Waals surface area contributed by atoms with Crippen LogP contribution in [0, 0.1) is 18.6 Å². The highest BCUT2D eigenvalue weighted by Gasteiger charge is 2.56. The lowest BCUT2D eigenvalue weighted by Gasteiger charge is -2.38. The Hall–Kier alpha value is -3.05. The van der Waals surface area contributed by atoms with Crippen LogP contribution in [0.4, 0.5) is 27.6 Å². The second-order valence-electron chi connectivity index (χ2n) is 8.64. The summed E-state index contributed by atoms with van der Waals surface area (Å²) in [5, 5.41) is 13.6. The summed E-state index contributed by atoms with van der Waals surface area (Å²) in [6.45, 7) is 3.41. The minimum absolute atomic E-state index is 0.00928. The van der Waals surface area contributed by atoms with E-state index in [0.29, 0.717) is 5.82 Å². The molecule has 184 valence electrons. The van der Waals surface area contributed by atoms with Crippen molar-refractivity contribution in [1.29, 1.82) is 0 Å². The fourth-order valence-electron chi connectivity index (χ4n) is 3.86. The number of halogens is 5. The molecule has 0 saturated carbocycles. The maximum atomic E-state index is 14.1. The van der Waals surface area contributed by atoms with Gasteiger partial charge in [0.25, 0.3) is 0 Å². The summed E-state index contributed by atoms with van der Waals surface area (Å²) in [6.07, 6.45) is -4.59. The molecule has 0 fully saturated rings. The lowest BCUT2D eigenvalue weighted by Crippen LogP contribution is -2.53. The standard InChI is InChI=1S/C23H24F5N3O3/c1-13-29-10-16-18(8-15(25)9-19(16)31-13)30-12-22(32,23(26,27)28)11-21(2,3)17-7-14(24)5-6-20(17)34-33-4/h5-10,30,32H,11-12H2,1-4H3. The van der Waals surface area contributed by atoms with E-state index in [-0.39, 0.29) is 27.9 Å². The number of hydrogen-bond donors (Lipinski definition) is 2. The molecule has 1 aromatic heterocycles. The molecule has 1 atom stereocenters. The molecule has 6 nitrogen and oxygen atoms in total. The van der Waals surface area contributed by atoms with Crippen LogP contribution in [-0.4, -0.2) is 40.5 Å². The van der Waals surface area contributed by atoms with Crippen LogP contribution in [0.25, 0.3) is 10.9 Å². The summed E-state index contributed by atoms with van der Waals surface area (Å²) in [5.74, 6) is -1.04. The maximum absolute atomic E-state index is 14.1. The average molecular weight is 485 g/mol. The molecule has 0 spiro atoms. The quantitative estimate of drug-likeness (QED) is 0.259. The normalized spacial score (nSPS) is 14.2. The van der Waals surface area contributed by atoms with Crippen molar-refractivity contribution in [3.8, 4) is 5.75 Å². The summed E-state index contributed by atoms with van der Waals surface area (Å²) >= 11 is 0. The smallest absolute Gasteiger partial charge is 0.381 e. The third kappa shape index (κ3) is 5.36. The zero-order valence-corrected chi connectivity index (χ0v) is 18.9. The molecule has 3 aromatic rings. The topological polar surface area (TPSA) is 76.5 Å². The van der Waals surface area contributed by atoms with E-state index in [2.05, 4.69) is 20.2 Å². The van der Waals surface area contributed by atoms with E-state index >= 15 is 0 Å². The molecule has 1 unspecified atom stereocenters. The molecular formula is C23H24F5N3O3. The second kappa shape index (κ2) is 9.30. The van der Waals surface area contributed by atoms with Crippen LogP contribution in [0.3, 0.4) is 0 Å². The highest BCUT2D eigenvalue weighted by atomic mass is 19.4. The molecule has 2 aromatic carbocycles. The Bertz CT molecular complexity index is 1180. The summed E-state index contributed by atoms with van der Waals surface area (Å²) in [6, 6.07) is 5.46. The van der Waals surface area contributed by atoms with Gasteiger partial charge in [-0.2, -0.15) is 18.1 Å². The average Bonchev–Trinajstić information content (AvgIpc) is 2.72. The lowest BCUT2D eigenvalue weighted by atomic mass is 9.74. The molecule has 34 heavy (non-hydrogen) atoms. The van der Waals surface area contributed by atoms with Gasteiger partial charge in [-0.25, -0.2) is 18.7 Å². The Kier molecular flexibility index (Phi) is 6.99. The van der Waals surface area contributed by atoms with Crippen LogP contribution < -0.4 is 10.2 Å². The van der Waals surface area contributed by atoms with Crippen molar-refractivity contribution in [3.05, 3.63) is 59.6 Å². The van der Waals surface area contributed by atoms with Gasteiger partial charge in [0.2, 0.25) is 0 Å². The van der Waals surface area contributed by atoms with Crippen molar-refractivity contribution in [2.24, 2.45) is 0 Å². The Morgan fingerprint density at radius 3 is 2.41 bits per heavy atom. The van der Waals surface area contributed by atoms with Crippen molar-refractivity contribution < 1.29 is 36.8 Å². The highest BCUT2D eigenvalue weighted by molar-refractivity contribution is 5.90. The van der Waals surface area contributed by atoms with Gasteiger partial charge in [0, 0.05) is 28.9 Å². The number of benzene rings is 2. The Balaban J connectivity index is 1.96. The highest BCUT2D eigenvalue weighted by Crippen LogP contribution is 2.44.